The number of aromatic amines is 1. The van der Waals surface area contributed by atoms with E-state index >= 15 is 0 Å². The van der Waals surface area contributed by atoms with Crippen molar-refractivity contribution in [2.75, 3.05) is 6.54 Å². The highest BCUT2D eigenvalue weighted by Gasteiger charge is 2.16. The molecule has 0 bridgehead atoms. The van der Waals surface area contributed by atoms with Gasteiger partial charge in [0.25, 0.3) is 0 Å². The van der Waals surface area contributed by atoms with Gasteiger partial charge in [-0.05, 0) is 24.2 Å². The summed E-state index contributed by atoms with van der Waals surface area (Å²) in [5.41, 5.74) is 2.08. The number of aromatic nitrogens is 4. The lowest BCUT2D eigenvalue weighted by Crippen LogP contribution is -2.23. The molecule has 2 heterocycles. The smallest absolute Gasteiger partial charge is 0.146 e. The Kier molecular flexibility index (Phi) is 3.20. The Balaban J connectivity index is 2.05. The predicted molar refractivity (Wildman–Crippen MR) is 73.6 cm³/mol. The summed E-state index contributed by atoms with van der Waals surface area (Å²) in [7, 11) is 0. The number of benzene rings is 1. The third-order valence-corrected chi connectivity index (χ3v) is 3.06. The van der Waals surface area contributed by atoms with Gasteiger partial charge in [-0.2, -0.15) is 5.10 Å². The Morgan fingerprint density at radius 2 is 2.16 bits per heavy atom. The average molecular weight is 253 g/mol. The molecule has 0 aliphatic rings. The van der Waals surface area contributed by atoms with Crippen molar-refractivity contribution < 1.29 is 0 Å². The summed E-state index contributed by atoms with van der Waals surface area (Å²) in [5, 5.41) is 11.4. The number of H-pyrrole nitrogens is 1. The Labute approximate surface area is 111 Å². The Hall–Kier alpha value is -2.27. The van der Waals surface area contributed by atoms with Gasteiger partial charge in [0.1, 0.15) is 12.2 Å². The molecule has 5 nitrogen and oxygen atoms in total. The molecular formula is C14H15N5. The van der Waals surface area contributed by atoms with E-state index in [-0.39, 0.29) is 6.04 Å². The van der Waals surface area contributed by atoms with E-state index in [4.69, 9.17) is 0 Å². The van der Waals surface area contributed by atoms with Crippen molar-refractivity contribution >= 4 is 10.9 Å². The number of nitrogens with zero attached hydrogens (tertiary/aromatic N) is 3. The van der Waals surface area contributed by atoms with E-state index in [1.807, 2.05) is 24.4 Å². The molecule has 2 aromatic heterocycles. The maximum atomic E-state index is 4.49. The summed E-state index contributed by atoms with van der Waals surface area (Å²) in [6, 6.07) is 10.2. The highest BCUT2D eigenvalue weighted by Crippen LogP contribution is 2.21. The van der Waals surface area contributed by atoms with Crippen molar-refractivity contribution in [1.29, 1.82) is 0 Å². The number of fused-ring (bicyclic) bond motifs is 1. The molecule has 19 heavy (non-hydrogen) atoms. The van der Waals surface area contributed by atoms with Crippen LogP contribution in [-0.4, -0.2) is 26.7 Å². The van der Waals surface area contributed by atoms with Crippen molar-refractivity contribution in [3.63, 3.8) is 0 Å². The second-order valence-electron chi connectivity index (χ2n) is 4.32. The van der Waals surface area contributed by atoms with Crippen LogP contribution in [0.2, 0.25) is 0 Å². The van der Waals surface area contributed by atoms with Gasteiger partial charge in [-0.3, -0.25) is 10.1 Å². The van der Waals surface area contributed by atoms with Gasteiger partial charge in [0.05, 0.1) is 11.6 Å². The number of hydrogen-bond acceptors (Lipinski definition) is 4. The molecule has 0 fully saturated rings. The zero-order chi connectivity index (χ0) is 13.1. The minimum atomic E-state index is -0.00962. The third kappa shape index (κ3) is 2.32. The van der Waals surface area contributed by atoms with Gasteiger partial charge in [-0.15, -0.1) is 0 Å². The fraction of sp³-hybridized carbons (Fsp3) is 0.214. The largest absolute Gasteiger partial charge is 0.304 e. The maximum absolute atomic E-state index is 4.49. The molecule has 0 saturated carbocycles. The molecule has 5 heteroatoms. The molecule has 0 saturated heterocycles. The Morgan fingerprint density at radius 3 is 2.95 bits per heavy atom. The first-order chi connectivity index (χ1) is 9.38. The number of para-hydroxylation sites is 1. The monoisotopic (exact) mass is 253 g/mol. The molecular weight excluding hydrogens is 238 g/mol. The molecule has 2 N–H and O–H groups in total. The van der Waals surface area contributed by atoms with E-state index in [1.54, 1.807) is 0 Å². The minimum absolute atomic E-state index is 0.00962. The van der Waals surface area contributed by atoms with Crippen LogP contribution in [-0.2, 0) is 0 Å². The maximum Gasteiger partial charge on any atom is 0.146 e. The van der Waals surface area contributed by atoms with Crippen molar-refractivity contribution in [3.8, 4) is 0 Å². The topological polar surface area (TPSA) is 66.5 Å². The molecule has 0 amide bonds. The predicted octanol–water partition coefficient (Wildman–Crippen LogP) is 2.05. The Bertz CT molecular complexity index is 662. The van der Waals surface area contributed by atoms with E-state index in [0.29, 0.717) is 0 Å². The SMILES string of the molecule is CCNC(c1cnc2ccccc2c1)c1ncn[nH]1. The van der Waals surface area contributed by atoms with Crippen LogP contribution in [0.3, 0.4) is 0 Å². The van der Waals surface area contributed by atoms with E-state index in [2.05, 4.69) is 44.5 Å². The van der Waals surface area contributed by atoms with Crippen LogP contribution in [0.4, 0.5) is 0 Å². The number of hydrogen-bond donors (Lipinski definition) is 2. The molecule has 3 rings (SSSR count). The van der Waals surface area contributed by atoms with E-state index in [0.717, 1.165) is 28.8 Å². The first kappa shape index (κ1) is 11.8. The fourth-order valence-corrected chi connectivity index (χ4v) is 2.18. The van der Waals surface area contributed by atoms with Crippen LogP contribution in [0.5, 0.6) is 0 Å². The normalized spacial score (nSPS) is 12.7. The number of nitrogens with one attached hydrogen (secondary N) is 2. The van der Waals surface area contributed by atoms with Crippen molar-refractivity contribution in [1.82, 2.24) is 25.5 Å². The average Bonchev–Trinajstić information content (AvgIpc) is 2.98. The van der Waals surface area contributed by atoms with Crippen LogP contribution in [0, 0.1) is 0 Å². The summed E-state index contributed by atoms with van der Waals surface area (Å²) < 4.78 is 0. The zero-order valence-corrected chi connectivity index (χ0v) is 10.7. The van der Waals surface area contributed by atoms with Gasteiger partial charge in [0.15, 0.2) is 0 Å². The minimum Gasteiger partial charge on any atom is -0.304 e. The first-order valence-corrected chi connectivity index (χ1v) is 6.32. The summed E-state index contributed by atoms with van der Waals surface area (Å²) in [4.78, 5) is 8.73. The molecule has 0 radical (unpaired) electrons. The lowest BCUT2D eigenvalue weighted by Gasteiger charge is -2.15. The number of rotatable bonds is 4. The second kappa shape index (κ2) is 5.16. The molecule has 0 spiro atoms. The Morgan fingerprint density at radius 1 is 1.26 bits per heavy atom. The van der Waals surface area contributed by atoms with Crippen LogP contribution in [0.25, 0.3) is 10.9 Å². The summed E-state index contributed by atoms with van der Waals surface area (Å²) in [6.45, 7) is 2.91. The highest BCUT2D eigenvalue weighted by molar-refractivity contribution is 5.78. The lowest BCUT2D eigenvalue weighted by molar-refractivity contribution is 0.599. The second-order valence-corrected chi connectivity index (χ2v) is 4.32. The standard InChI is InChI=1S/C14H15N5/c1-2-15-13(14-17-9-18-19-14)11-7-10-5-3-4-6-12(10)16-8-11/h3-9,13,15H,2H2,1H3,(H,17,18,19). The van der Waals surface area contributed by atoms with Crippen LogP contribution >= 0.6 is 0 Å². The fourth-order valence-electron chi connectivity index (χ4n) is 2.18. The third-order valence-electron chi connectivity index (χ3n) is 3.06. The van der Waals surface area contributed by atoms with Crippen molar-refractivity contribution in [2.24, 2.45) is 0 Å². The molecule has 3 aromatic rings. The molecule has 1 unspecified atom stereocenters. The molecule has 0 aliphatic heterocycles. The van der Waals surface area contributed by atoms with E-state index in [9.17, 15) is 0 Å². The van der Waals surface area contributed by atoms with Gasteiger partial charge >= 0.3 is 0 Å². The van der Waals surface area contributed by atoms with E-state index in [1.165, 1.54) is 6.33 Å². The van der Waals surface area contributed by atoms with Gasteiger partial charge < -0.3 is 5.32 Å². The summed E-state index contributed by atoms with van der Waals surface area (Å²) in [6.07, 6.45) is 3.41. The zero-order valence-electron chi connectivity index (χ0n) is 10.7. The van der Waals surface area contributed by atoms with E-state index < -0.39 is 0 Å². The summed E-state index contributed by atoms with van der Waals surface area (Å²) >= 11 is 0. The molecule has 0 aliphatic carbocycles. The quantitative estimate of drug-likeness (QED) is 0.747. The molecule has 96 valence electrons. The summed E-state index contributed by atoms with van der Waals surface area (Å²) in [5.74, 6) is 0.805. The van der Waals surface area contributed by atoms with Gasteiger partial charge in [-0.25, -0.2) is 4.98 Å². The van der Waals surface area contributed by atoms with Crippen molar-refractivity contribution in [3.05, 3.63) is 54.2 Å². The lowest BCUT2D eigenvalue weighted by atomic mass is 10.1. The van der Waals surface area contributed by atoms with Gasteiger partial charge in [0.2, 0.25) is 0 Å². The van der Waals surface area contributed by atoms with Gasteiger partial charge in [0, 0.05) is 11.6 Å². The van der Waals surface area contributed by atoms with Gasteiger partial charge in [-0.1, -0.05) is 25.1 Å². The number of pyridine rings is 1. The highest BCUT2D eigenvalue weighted by atomic mass is 15.2. The molecule has 1 aromatic carbocycles. The van der Waals surface area contributed by atoms with Crippen LogP contribution in [0.1, 0.15) is 24.4 Å². The molecule has 1 atom stereocenters. The van der Waals surface area contributed by atoms with Crippen molar-refractivity contribution in [2.45, 2.75) is 13.0 Å². The van der Waals surface area contributed by atoms with Crippen LogP contribution in [0.15, 0.2) is 42.9 Å². The van der Waals surface area contributed by atoms with Crippen LogP contribution < -0.4 is 5.32 Å². The first-order valence-electron chi connectivity index (χ1n) is 6.32.